The maximum atomic E-state index is 14.9. The van der Waals surface area contributed by atoms with Gasteiger partial charge in [-0.3, -0.25) is 33.8 Å². The summed E-state index contributed by atoms with van der Waals surface area (Å²) < 4.78 is 0. The molecule has 7 rings (SSSR count). The Morgan fingerprint density at radius 2 is 1.00 bits per heavy atom. The van der Waals surface area contributed by atoms with E-state index < -0.39 is 59.7 Å². The lowest BCUT2D eigenvalue weighted by molar-refractivity contribution is -0.147. The molecule has 2 aliphatic rings. The van der Waals surface area contributed by atoms with E-state index >= 15 is 0 Å². The second-order valence-corrected chi connectivity index (χ2v) is 17.5. The molecule has 4 N–H and O–H groups in total. The predicted molar refractivity (Wildman–Crippen MR) is 256 cm³/mol. The van der Waals surface area contributed by atoms with Crippen LogP contribution in [-0.2, 0) is 60.9 Å². The van der Waals surface area contributed by atoms with Crippen LogP contribution >= 0.6 is 0 Å². The molecule has 5 atom stereocenters. The number of pyridine rings is 1. The lowest BCUT2D eigenvalue weighted by Crippen LogP contribution is -2.61. The fourth-order valence-electron chi connectivity index (χ4n) is 8.98. The number of hydrogen-bond donors (Lipinski definition) is 4. The minimum Gasteiger partial charge on any atom is -0.343 e. The van der Waals surface area contributed by atoms with Crippen molar-refractivity contribution in [2.45, 2.75) is 101 Å². The average molecular weight is 904 g/mol. The topological polar surface area (TPSA) is 170 Å². The van der Waals surface area contributed by atoms with Crippen molar-refractivity contribution < 1.29 is 28.8 Å². The molecule has 348 valence electrons. The Labute approximate surface area is 393 Å². The van der Waals surface area contributed by atoms with Crippen molar-refractivity contribution >= 4 is 35.4 Å². The average Bonchev–Trinajstić information content (AvgIpc) is 3.85. The van der Waals surface area contributed by atoms with Gasteiger partial charge in [0, 0.05) is 38.3 Å². The third kappa shape index (κ3) is 14.2. The number of rotatable bonds is 15. The van der Waals surface area contributed by atoms with E-state index in [9.17, 15) is 28.8 Å². The monoisotopic (exact) mass is 903 g/mol. The van der Waals surface area contributed by atoms with Gasteiger partial charge < -0.3 is 31.1 Å². The maximum absolute atomic E-state index is 14.9. The van der Waals surface area contributed by atoms with Crippen molar-refractivity contribution in [1.82, 2.24) is 36.1 Å². The van der Waals surface area contributed by atoms with Gasteiger partial charge >= 0.3 is 0 Å². The third-order valence-electron chi connectivity index (χ3n) is 12.5. The summed E-state index contributed by atoms with van der Waals surface area (Å²) in [5, 5.41) is 11.9. The van der Waals surface area contributed by atoms with Crippen molar-refractivity contribution in [3.63, 3.8) is 0 Å². The van der Waals surface area contributed by atoms with E-state index in [1.807, 2.05) is 127 Å². The van der Waals surface area contributed by atoms with Gasteiger partial charge in [0.25, 0.3) is 0 Å². The lowest BCUT2D eigenvalue weighted by atomic mass is 10.00. The Hall–Kier alpha value is -7.15. The number of nitrogens with zero attached hydrogens (tertiary/aromatic N) is 3. The first-order chi connectivity index (χ1) is 32.7. The lowest BCUT2D eigenvalue weighted by Gasteiger charge is -2.33. The van der Waals surface area contributed by atoms with Crippen LogP contribution in [0.5, 0.6) is 0 Å². The summed E-state index contributed by atoms with van der Waals surface area (Å²) in [6, 6.07) is 36.8. The number of amides is 6. The van der Waals surface area contributed by atoms with Crippen LogP contribution in [0.4, 0.5) is 0 Å². The second kappa shape index (κ2) is 24.4. The second-order valence-electron chi connectivity index (χ2n) is 17.5. The van der Waals surface area contributed by atoms with Gasteiger partial charge in [0.15, 0.2) is 0 Å². The van der Waals surface area contributed by atoms with E-state index in [1.54, 1.807) is 18.5 Å². The van der Waals surface area contributed by atoms with Gasteiger partial charge in [0.05, 0.1) is 6.54 Å². The molecule has 5 aromatic rings. The van der Waals surface area contributed by atoms with E-state index in [0.717, 1.165) is 22.3 Å². The first-order valence-electron chi connectivity index (χ1n) is 23.5. The van der Waals surface area contributed by atoms with E-state index in [2.05, 4.69) is 26.3 Å². The zero-order chi connectivity index (χ0) is 46.8. The SMILES string of the molecule is O=C1CN(CCCc2ccccc2)C(=O)[C@H]2CCCN2C(=O)[C@H](Cc2cccnc2)NC(=O)[C@H](CCc2ccccc2)NC(=O)[C@@H](Cc2ccccc2)NC(=O)[C@H](CCCc2ccccc2)N1. The molecule has 67 heavy (non-hydrogen) atoms. The molecule has 0 bridgehead atoms. The van der Waals surface area contributed by atoms with Gasteiger partial charge in [-0.25, -0.2) is 0 Å². The fraction of sp³-hybridized carbons (Fsp3) is 0.352. The smallest absolute Gasteiger partial charge is 0.246 e. The molecule has 3 heterocycles. The molecular weight excluding hydrogens is 843 g/mol. The maximum Gasteiger partial charge on any atom is 0.246 e. The quantitative estimate of drug-likeness (QED) is 0.116. The molecule has 0 spiro atoms. The first-order valence-corrected chi connectivity index (χ1v) is 23.5. The standard InChI is InChI=1S/C54H61N7O6/c62-49-38-60(33-15-27-40-19-7-2-8-20-40)54(67)48-29-16-34-61(48)53(66)47(36-43-26-14-32-55-37-43)59-51(64)45(31-30-41-21-9-3-10-22-41)57-52(65)46(35-42-23-11-4-12-24-42)58-50(63)44(56-49)28-13-25-39-17-5-1-6-18-39/h1-12,14,17-24,26,32,37,44-48H,13,15-16,25,27-31,33-36,38H2,(H,56,62)(H,57,65)(H,58,63)(H,59,64)/t44-,45-,46+,47-,48+/m0/s1. The molecule has 13 heteroatoms. The molecule has 13 nitrogen and oxygen atoms in total. The highest BCUT2D eigenvalue weighted by Crippen LogP contribution is 2.23. The van der Waals surface area contributed by atoms with E-state index in [1.165, 1.54) is 9.80 Å². The molecule has 1 aromatic heterocycles. The predicted octanol–water partition coefficient (Wildman–Crippen LogP) is 4.93. The van der Waals surface area contributed by atoms with Gasteiger partial charge in [-0.1, -0.05) is 127 Å². The third-order valence-corrected chi connectivity index (χ3v) is 12.5. The highest BCUT2D eigenvalue weighted by atomic mass is 16.2. The Balaban J connectivity index is 1.24. The summed E-state index contributed by atoms with van der Waals surface area (Å²) in [4.78, 5) is 95.1. The number of carbonyl (C=O) groups is 6. The summed E-state index contributed by atoms with van der Waals surface area (Å²) in [6.45, 7) is 0.155. The van der Waals surface area contributed by atoms with Gasteiger partial charge in [0.2, 0.25) is 35.4 Å². The van der Waals surface area contributed by atoms with Crippen LogP contribution in [0, 0.1) is 0 Å². The van der Waals surface area contributed by atoms with E-state index in [4.69, 9.17) is 0 Å². The molecule has 0 aliphatic carbocycles. The van der Waals surface area contributed by atoms with Crippen molar-refractivity contribution in [2.24, 2.45) is 0 Å². The van der Waals surface area contributed by atoms with Gasteiger partial charge in [-0.15, -0.1) is 0 Å². The summed E-state index contributed by atoms with van der Waals surface area (Å²) >= 11 is 0. The largest absolute Gasteiger partial charge is 0.343 e. The minimum absolute atomic E-state index is 0.0801. The van der Waals surface area contributed by atoms with E-state index in [-0.39, 0.29) is 51.2 Å². The van der Waals surface area contributed by atoms with Gasteiger partial charge in [-0.2, -0.15) is 0 Å². The highest BCUT2D eigenvalue weighted by molar-refractivity contribution is 5.98. The first kappa shape index (κ1) is 47.8. The van der Waals surface area contributed by atoms with E-state index in [0.29, 0.717) is 50.5 Å². The van der Waals surface area contributed by atoms with Gasteiger partial charge in [0.1, 0.15) is 30.2 Å². The Morgan fingerprint density at radius 3 is 1.61 bits per heavy atom. The van der Waals surface area contributed by atoms with Crippen LogP contribution in [0.3, 0.4) is 0 Å². The minimum atomic E-state index is -1.15. The molecule has 2 saturated heterocycles. The summed E-state index contributed by atoms with van der Waals surface area (Å²) in [5.41, 5.74) is 4.57. The summed E-state index contributed by atoms with van der Waals surface area (Å²) in [5.74, 6) is -3.07. The van der Waals surface area contributed by atoms with Crippen LogP contribution in [-0.4, -0.2) is 100 Å². The number of benzene rings is 4. The van der Waals surface area contributed by atoms with Gasteiger partial charge in [-0.05, 0) is 91.7 Å². The molecule has 0 unspecified atom stereocenters. The number of aromatic nitrogens is 1. The van der Waals surface area contributed by atoms with Crippen LogP contribution in [0.25, 0.3) is 0 Å². The molecule has 0 radical (unpaired) electrons. The van der Waals surface area contributed by atoms with Crippen molar-refractivity contribution in [3.8, 4) is 0 Å². The van der Waals surface area contributed by atoms with Crippen molar-refractivity contribution in [1.29, 1.82) is 0 Å². The highest BCUT2D eigenvalue weighted by Gasteiger charge is 2.41. The zero-order valence-electron chi connectivity index (χ0n) is 37.9. The Kier molecular flexibility index (Phi) is 17.4. The van der Waals surface area contributed by atoms with Crippen molar-refractivity contribution in [3.05, 3.63) is 174 Å². The number of hydrogen-bond acceptors (Lipinski definition) is 7. The van der Waals surface area contributed by atoms with Crippen LogP contribution in [0.1, 0.15) is 66.3 Å². The number of aryl methyl sites for hydroxylation is 3. The zero-order valence-corrected chi connectivity index (χ0v) is 37.9. The van der Waals surface area contributed by atoms with Crippen molar-refractivity contribution in [2.75, 3.05) is 19.6 Å². The van der Waals surface area contributed by atoms with Crippen LogP contribution < -0.4 is 21.3 Å². The number of nitrogens with one attached hydrogen (secondary N) is 4. The number of carbonyl (C=O) groups excluding carboxylic acids is 6. The normalized spacial score (nSPS) is 21.0. The molecular formula is C54H61N7O6. The van der Waals surface area contributed by atoms with Crippen LogP contribution in [0.15, 0.2) is 146 Å². The Bertz CT molecular complexity index is 2390. The number of fused-ring (bicyclic) bond motifs is 1. The fourth-order valence-corrected chi connectivity index (χ4v) is 8.98. The molecule has 0 saturated carbocycles. The van der Waals surface area contributed by atoms with Crippen LogP contribution in [0.2, 0.25) is 0 Å². The molecule has 2 aliphatic heterocycles. The Morgan fingerprint density at radius 1 is 0.493 bits per heavy atom. The summed E-state index contributed by atoms with van der Waals surface area (Å²) in [7, 11) is 0. The molecule has 6 amide bonds. The summed E-state index contributed by atoms with van der Waals surface area (Å²) in [6.07, 6.45) is 7.59. The molecule has 2 fully saturated rings. The molecule has 4 aromatic carbocycles.